The molecule has 3 nitrogen and oxygen atoms in total. The van der Waals surface area contributed by atoms with Crippen LogP contribution in [0.2, 0.25) is 0 Å². The first-order valence-corrected chi connectivity index (χ1v) is 9.37. The predicted octanol–water partition coefficient (Wildman–Crippen LogP) is 5.50. The van der Waals surface area contributed by atoms with Gasteiger partial charge < -0.3 is 9.26 Å². The van der Waals surface area contributed by atoms with Crippen LogP contribution in [-0.4, -0.2) is 5.97 Å². The lowest BCUT2D eigenvalue weighted by Gasteiger charge is -2.23. The highest BCUT2D eigenvalue weighted by Gasteiger charge is 2.37. The van der Waals surface area contributed by atoms with E-state index in [0.29, 0.717) is 11.5 Å². The number of ether oxygens (including phenoxy) is 1. The number of benzene rings is 2. The standard InChI is InChI=1S/C22H27O3P/c1-21(2,3)13-7-9-17-15(11-13)19(20(23)24-17)16-12-14(22(4,5)6)8-10-18(16)25-26/h7-12,19H,26H2,1-6H3. The van der Waals surface area contributed by atoms with Crippen LogP contribution >= 0.6 is 9.47 Å². The van der Waals surface area contributed by atoms with E-state index in [0.717, 1.165) is 16.7 Å². The smallest absolute Gasteiger partial charge is 0.323 e. The minimum absolute atomic E-state index is 0.00157. The van der Waals surface area contributed by atoms with Crippen LogP contribution in [0, 0.1) is 0 Å². The van der Waals surface area contributed by atoms with Gasteiger partial charge in [-0.25, -0.2) is 0 Å². The van der Waals surface area contributed by atoms with E-state index < -0.39 is 5.92 Å². The lowest BCUT2D eigenvalue weighted by molar-refractivity contribution is -0.133. The van der Waals surface area contributed by atoms with Gasteiger partial charge >= 0.3 is 5.97 Å². The Balaban J connectivity index is 2.18. The predicted molar refractivity (Wildman–Crippen MR) is 108 cm³/mol. The van der Waals surface area contributed by atoms with Gasteiger partial charge in [-0.3, -0.25) is 4.79 Å². The Hall–Kier alpha value is -1.86. The van der Waals surface area contributed by atoms with E-state index in [1.165, 1.54) is 5.56 Å². The third-order valence-electron chi connectivity index (χ3n) is 4.95. The summed E-state index contributed by atoms with van der Waals surface area (Å²) in [5.74, 6) is 0.605. The first-order chi connectivity index (χ1) is 12.0. The fraction of sp³-hybridized carbons (Fsp3) is 0.409. The van der Waals surface area contributed by atoms with Crippen LogP contribution in [-0.2, 0) is 15.6 Å². The average molecular weight is 370 g/mol. The summed E-state index contributed by atoms with van der Waals surface area (Å²) in [7, 11) is 2.28. The molecule has 0 bridgehead atoms. The highest BCUT2D eigenvalue weighted by molar-refractivity contribution is 7.10. The lowest BCUT2D eigenvalue weighted by atomic mass is 9.81. The molecule has 0 amide bonds. The van der Waals surface area contributed by atoms with Crippen LogP contribution in [0.15, 0.2) is 36.4 Å². The molecule has 0 N–H and O–H groups in total. The average Bonchev–Trinajstić information content (AvgIpc) is 2.87. The molecule has 0 fully saturated rings. The summed E-state index contributed by atoms with van der Waals surface area (Å²) < 4.78 is 11.1. The molecule has 1 aliphatic heterocycles. The summed E-state index contributed by atoms with van der Waals surface area (Å²) in [5.41, 5.74) is 4.08. The van der Waals surface area contributed by atoms with Gasteiger partial charge in [-0.15, -0.1) is 0 Å². The molecule has 0 aromatic heterocycles. The van der Waals surface area contributed by atoms with Crippen molar-refractivity contribution >= 4 is 15.4 Å². The van der Waals surface area contributed by atoms with E-state index in [9.17, 15) is 4.79 Å². The number of hydrogen-bond acceptors (Lipinski definition) is 3. The normalized spacial score (nSPS) is 17.0. The summed E-state index contributed by atoms with van der Waals surface area (Å²) in [6.45, 7) is 13.0. The van der Waals surface area contributed by atoms with E-state index in [2.05, 4.69) is 69.2 Å². The molecule has 26 heavy (non-hydrogen) atoms. The first kappa shape index (κ1) is 18.9. The molecule has 0 saturated carbocycles. The maximum Gasteiger partial charge on any atom is 0.323 e. The number of rotatable bonds is 2. The Morgan fingerprint density at radius 3 is 1.96 bits per heavy atom. The number of fused-ring (bicyclic) bond motifs is 1. The van der Waals surface area contributed by atoms with Crippen molar-refractivity contribution in [2.75, 3.05) is 0 Å². The first-order valence-electron chi connectivity index (χ1n) is 8.89. The van der Waals surface area contributed by atoms with Crippen LogP contribution in [0.5, 0.6) is 11.5 Å². The summed E-state index contributed by atoms with van der Waals surface area (Å²) in [6.07, 6.45) is 0. The zero-order chi connectivity index (χ0) is 19.3. The molecule has 2 unspecified atom stereocenters. The second kappa shape index (κ2) is 6.39. The topological polar surface area (TPSA) is 35.5 Å². The second-order valence-electron chi connectivity index (χ2n) is 8.98. The highest BCUT2D eigenvalue weighted by Crippen LogP contribution is 2.45. The molecular weight excluding hydrogens is 343 g/mol. The van der Waals surface area contributed by atoms with Gasteiger partial charge in [0.1, 0.15) is 17.4 Å². The molecule has 0 saturated heterocycles. The minimum atomic E-state index is -0.467. The van der Waals surface area contributed by atoms with E-state index in [1.807, 2.05) is 18.2 Å². The number of hydrogen-bond donors (Lipinski definition) is 0. The maximum atomic E-state index is 12.7. The Labute approximate surface area is 158 Å². The lowest BCUT2D eigenvalue weighted by Crippen LogP contribution is -2.16. The molecule has 1 heterocycles. The fourth-order valence-corrected chi connectivity index (χ4v) is 3.48. The van der Waals surface area contributed by atoms with Crippen LogP contribution < -0.4 is 9.26 Å². The molecule has 4 heteroatoms. The monoisotopic (exact) mass is 370 g/mol. The molecule has 3 rings (SSSR count). The largest absolute Gasteiger partial charge is 0.480 e. The maximum absolute atomic E-state index is 12.7. The summed E-state index contributed by atoms with van der Waals surface area (Å²) in [5, 5.41) is 0. The van der Waals surface area contributed by atoms with Crippen LogP contribution in [0.3, 0.4) is 0 Å². The van der Waals surface area contributed by atoms with Crippen LogP contribution in [0.1, 0.15) is 69.7 Å². The van der Waals surface area contributed by atoms with Crippen molar-refractivity contribution in [3.05, 3.63) is 58.7 Å². The van der Waals surface area contributed by atoms with Gasteiger partial charge in [0, 0.05) is 11.1 Å². The van der Waals surface area contributed by atoms with Crippen molar-refractivity contribution in [2.24, 2.45) is 0 Å². The van der Waals surface area contributed by atoms with E-state index >= 15 is 0 Å². The van der Waals surface area contributed by atoms with Crippen LogP contribution in [0.4, 0.5) is 0 Å². The van der Waals surface area contributed by atoms with Gasteiger partial charge in [-0.2, -0.15) is 0 Å². The molecule has 2 aromatic rings. The zero-order valence-electron chi connectivity index (χ0n) is 16.3. The highest BCUT2D eigenvalue weighted by atomic mass is 31.0. The second-order valence-corrected chi connectivity index (χ2v) is 9.21. The SMILES string of the molecule is CC(C)(C)c1ccc(OP)c(C2C(=O)Oc3ccc(C(C)(C)C)cc32)c1. The Bertz CT molecular complexity index is 857. The Morgan fingerprint density at radius 1 is 0.885 bits per heavy atom. The van der Waals surface area contributed by atoms with Gasteiger partial charge in [-0.05, 0) is 34.1 Å². The molecule has 138 valence electrons. The third kappa shape index (κ3) is 3.38. The van der Waals surface area contributed by atoms with E-state index in [-0.39, 0.29) is 16.8 Å². The fourth-order valence-electron chi connectivity index (χ4n) is 3.27. The van der Waals surface area contributed by atoms with Gasteiger partial charge in [-0.1, -0.05) is 65.8 Å². The Morgan fingerprint density at radius 2 is 1.42 bits per heavy atom. The molecule has 0 spiro atoms. The summed E-state index contributed by atoms with van der Waals surface area (Å²) >= 11 is 0. The van der Waals surface area contributed by atoms with Crippen molar-refractivity contribution in [2.45, 2.75) is 58.3 Å². The number of esters is 1. The zero-order valence-corrected chi connectivity index (χ0v) is 17.5. The Kier molecular flexibility index (Phi) is 4.65. The summed E-state index contributed by atoms with van der Waals surface area (Å²) in [6, 6.07) is 12.1. The van der Waals surface area contributed by atoms with Gasteiger partial charge in [0.15, 0.2) is 0 Å². The third-order valence-corrected chi connectivity index (χ3v) is 5.20. The van der Waals surface area contributed by atoms with Crippen molar-refractivity contribution in [1.82, 2.24) is 0 Å². The van der Waals surface area contributed by atoms with Crippen molar-refractivity contribution in [3.63, 3.8) is 0 Å². The van der Waals surface area contributed by atoms with Crippen molar-refractivity contribution < 1.29 is 14.1 Å². The molecule has 0 aliphatic carbocycles. The molecular formula is C22H27O3P. The number of carbonyl (C=O) groups is 1. The molecule has 2 aromatic carbocycles. The van der Waals surface area contributed by atoms with Crippen LogP contribution in [0.25, 0.3) is 0 Å². The van der Waals surface area contributed by atoms with Crippen molar-refractivity contribution in [1.29, 1.82) is 0 Å². The van der Waals surface area contributed by atoms with Gasteiger partial charge in [0.05, 0.1) is 9.47 Å². The van der Waals surface area contributed by atoms with E-state index in [1.54, 1.807) is 0 Å². The summed E-state index contributed by atoms with van der Waals surface area (Å²) in [4.78, 5) is 12.7. The molecule has 2 atom stereocenters. The van der Waals surface area contributed by atoms with Gasteiger partial charge in [0.25, 0.3) is 0 Å². The molecule has 1 aliphatic rings. The minimum Gasteiger partial charge on any atom is -0.480 e. The van der Waals surface area contributed by atoms with Gasteiger partial charge in [0.2, 0.25) is 0 Å². The van der Waals surface area contributed by atoms with E-state index in [4.69, 9.17) is 9.26 Å². The molecule has 0 radical (unpaired) electrons. The van der Waals surface area contributed by atoms with Crippen molar-refractivity contribution in [3.8, 4) is 11.5 Å². The quantitative estimate of drug-likeness (QED) is 0.398. The number of carbonyl (C=O) groups excluding carboxylic acids is 1.